The van der Waals surface area contributed by atoms with Crippen LogP contribution in [0.1, 0.15) is 90.1 Å². The minimum atomic E-state index is -0.982. The van der Waals surface area contributed by atoms with Crippen LogP contribution in [0.15, 0.2) is 54.7 Å². The summed E-state index contributed by atoms with van der Waals surface area (Å²) in [4.78, 5) is 76.7. The molecule has 15 heteroatoms. The molecule has 0 spiro atoms. The quantitative estimate of drug-likeness (QED) is 0.310. The van der Waals surface area contributed by atoms with Gasteiger partial charge in [-0.1, -0.05) is 39.3 Å². The van der Waals surface area contributed by atoms with Crippen LogP contribution in [0.25, 0.3) is 0 Å². The Morgan fingerprint density at radius 2 is 1.53 bits per heavy atom. The number of carbonyl (C=O) groups is 5. The first kappa shape index (κ1) is 39.3. The third kappa shape index (κ3) is 6.94. The van der Waals surface area contributed by atoms with Crippen LogP contribution in [0.4, 0.5) is 11.4 Å². The maximum Gasteiger partial charge on any atom is 0.270 e. The van der Waals surface area contributed by atoms with E-state index >= 15 is 0 Å². The number of benzene rings is 2. The third-order valence-corrected chi connectivity index (χ3v) is 13.2. The van der Waals surface area contributed by atoms with Gasteiger partial charge in [0.05, 0.1) is 33.6 Å². The van der Waals surface area contributed by atoms with Crippen molar-refractivity contribution in [3.05, 3.63) is 82.1 Å². The number of aromatic nitrogens is 1. The predicted molar refractivity (Wildman–Crippen MR) is 216 cm³/mol. The minimum absolute atomic E-state index is 0.0851. The Morgan fingerprint density at radius 1 is 0.862 bits per heavy atom. The number of nitriles is 1. The lowest BCUT2D eigenvalue weighted by Gasteiger charge is -2.63. The zero-order valence-electron chi connectivity index (χ0n) is 33.1. The van der Waals surface area contributed by atoms with Crippen molar-refractivity contribution in [3.63, 3.8) is 0 Å². The summed E-state index contributed by atoms with van der Waals surface area (Å²) in [5, 5.41) is 15.0. The van der Waals surface area contributed by atoms with E-state index in [9.17, 15) is 29.2 Å². The molecule has 5 amide bonds. The number of anilines is 2. The van der Waals surface area contributed by atoms with Crippen molar-refractivity contribution in [2.24, 2.45) is 10.8 Å². The molecule has 8 rings (SSSR count). The first-order valence-electron chi connectivity index (χ1n) is 19.9. The number of halogens is 1. The van der Waals surface area contributed by atoms with E-state index in [1.807, 2.05) is 12.1 Å². The maximum atomic E-state index is 13.5. The zero-order valence-corrected chi connectivity index (χ0v) is 33.8. The number of piperazine rings is 1. The Balaban J connectivity index is 0.811. The second kappa shape index (κ2) is 15.0. The fourth-order valence-electron chi connectivity index (χ4n) is 10.00. The summed E-state index contributed by atoms with van der Waals surface area (Å²) in [7, 11) is 0. The molecule has 302 valence electrons. The maximum absolute atomic E-state index is 13.5. The topological polar surface area (TPSA) is 168 Å². The van der Waals surface area contributed by atoms with Crippen molar-refractivity contribution in [1.29, 1.82) is 5.26 Å². The first-order valence-corrected chi connectivity index (χ1v) is 20.3. The average molecular weight is 807 g/mol. The fourth-order valence-corrected chi connectivity index (χ4v) is 10.2. The number of pyridine rings is 1. The van der Waals surface area contributed by atoms with Gasteiger partial charge in [0.1, 0.15) is 29.7 Å². The second-order valence-electron chi connectivity index (χ2n) is 17.1. The number of fused-ring (bicyclic) bond motifs is 1. The number of piperidine rings is 2. The summed E-state index contributed by atoms with van der Waals surface area (Å²) in [6.45, 7) is 13.4. The van der Waals surface area contributed by atoms with Gasteiger partial charge < -0.3 is 19.9 Å². The molecule has 14 nitrogen and oxygen atoms in total. The van der Waals surface area contributed by atoms with Crippen molar-refractivity contribution < 1.29 is 28.7 Å². The van der Waals surface area contributed by atoms with E-state index in [0.29, 0.717) is 33.6 Å². The molecule has 1 atom stereocenters. The Hall–Kier alpha value is -5.52. The van der Waals surface area contributed by atoms with Gasteiger partial charge in [0.15, 0.2) is 0 Å². The summed E-state index contributed by atoms with van der Waals surface area (Å²) in [6, 6.07) is 15.4. The van der Waals surface area contributed by atoms with Crippen LogP contribution in [-0.2, 0) is 9.59 Å². The number of rotatable bonds is 8. The van der Waals surface area contributed by atoms with Crippen LogP contribution < -0.4 is 25.2 Å². The Kier molecular flexibility index (Phi) is 10.2. The molecule has 2 N–H and O–H groups in total. The van der Waals surface area contributed by atoms with Gasteiger partial charge in [-0.25, -0.2) is 4.98 Å². The van der Waals surface area contributed by atoms with Crippen molar-refractivity contribution in [1.82, 2.24) is 25.4 Å². The average Bonchev–Trinajstić information content (AvgIpc) is 3.46. The highest BCUT2D eigenvalue weighted by molar-refractivity contribution is 6.31. The van der Waals surface area contributed by atoms with Gasteiger partial charge in [0, 0.05) is 80.4 Å². The smallest absolute Gasteiger partial charge is 0.270 e. The van der Waals surface area contributed by atoms with Crippen LogP contribution >= 0.6 is 11.6 Å². The normalized spacial score (nSPS) is 24.5. The van der Waals surface area contributed by atoms with Gasteiger partial charge in [-0.3, -0.25) is 39.1 Å². The molecule has 0 radical (unpaired) electrons. The fraction of sp³-hybridized carbons (Fsp3) is 0.465. The summed E-state index contributed by atoms with van der Waals surface area (Å²) in [5.41, 5.74) is 2.41. The second-order valence-corrected chi connectivity index (χ2v) is 17.5. The summed E-state index contributed by atoms with van der Waals surface area (Å²) in [6.07, 6.45) is 3.71. The molecule has 1 aliphatic carbocycles. The lowest BCUT2D eigenvalue weighted by molar-refractivity contribution is -0.164. The molecule has 5 aliphatic rings. The number of nitrogens with one attached hydrogen (secondary N) is 2. The summed E-state index contributed by atoms with van der Waals surface area (Å²) >= 11 is 6.24. The standard InChI is InChI=1S/C43H47ClN8O6/c1-42(2)40(43(3,4)41(42)58-29-8-5-25(23-45)32(44)22-29)48-36(54)33-10-7-28(24-46-33)51-19-17-50(18-20-51)26-13-15-49(16-14-26)27-6-9-30-31(21-27)39(57)52(38(30)56)34-11-12-35(53)47-37(34)55/h5-10,21-22,24,26,34,40-41H,11-20H2,1-4H3,(H,48,54)(H,47,53,55). The van der Waals surface area contributed by atoms with Gasteiger partial charge in [-0.05, 0) is 61.7 Å². The highest BCUT2D eigenvalue weighted by Crippen LogP contribution is 2.55. The molecule has 3 aromatic rings. The van der Waals surface area contributed by atoms with Crippen LogP contribution in [0.3, 0.4) is 0 Å². The molecule has 3 saturated heterocycles. The van der Waals surface area contributed by atoms with Crippen molar-refractivity contribution in [2.45, 2.75) is 77.6 Å². The molecule has 0 bridgehead atoms. The van der Waals surface area contributed by atoms with Gasteiger partial charge >= 0.3 is 0 Å². The van der Waals surface area contributed by atoms with Crippen molar-refractivity contribution in [3.8, 4) is 11.8 Å². The molecule has 1 saturated carbocycles. The molecule has 4 fully saturated rings. The molecular formula is C43H47ClN8O6. The van der Waals surface area contributed by atoms with Crippen LogP contribution in [0, 0.1) is 22.2 Å². The van der Waals surface area contributed by atoms with E-state index in [-0.39, 0.29) is 47.3 Å². The lowest BCUT2D eigenvalue weighted by atomic mass is 9.49. The molecule has 1 aromatic heterocycles. The molecule has 4 aliphatic heterocycles. The highest BCUT2D eigenvalue weighted by Gasteiger charge is 2.64. The van der Waals surface area contributed by atoms with Gasteiger partial charge in [-0.2, -0.15) is 5.26 Å². The first-order chi connectivity index (χ1) is 27.7. The van der Waals surface area contributed by atoms with Crippen molar-refractivity contribution in [2.75, 3.05) is 49.1 Å². The van der Waals surface area contributed by atoms with E-state index in [1.165, 1.54) is 0 Å². The number of ether oxygens (including phenoxy) is 1. The van der Waals surface area contributed by atoms with E-state index in [2.05, 4.69) is 64.1 Å². The minimum Gasteiger partial charge on any atom is -0.489 e. The Bertz CT molecular complexity index is 2210. The van der Waals surface area contributed by atoms with E-state index in [1.54, 1.807) is 42.6 Å². The molecule has 1 unspecified atom stereocenters. The monoisotopic (exact) mass is 806 g/mol. The highest BCUT2D eigenvalue weighted by atomic mass is 35.5. The SMILES string of the molecule is CC1(C)C(NC(=O)c2ccc(N3CCN(C4CCN(c5ccc6c(c5)C(=O)N(C5CCC(=O)NC5=O)C6=O)CC4)CC3)cn2)C(C)(C)C1Oc1ccc(C#N)c(Cl)c1. The predicted octanol–water partition coefficient (Wildman–Crippen LogP) is 4.41. The number of hydrogen-bond acceptors (Lipinski definition) is 11. The molecule has 2 aromatic carbocycles. The molecule has 5 heterocycles. The summed E-state index contributed by atoms with van der Waals surface area (Å²) in [5.74, 6) is -1.65. The van der Waals surface area contributed by atoms with E-state index < -0.39 is 29.7 Å². The van der Waals surface area contributed by atoms with Crippen molar-refractivity contribution >= 4 is 52.5 Å². The number of carbonyl (C=O) groups excluding carboxylic acids is 5. The number of nitrogens with zero attached hydrogens (tertiary/aromatic N) is 6. The number of hydrogen-bond donors (Lipinski definition) is 2. The lowest BCUT2D eigenvalue weighted by Crippen LogP contribution is -2.74. The van der Waals surface area contributed by atoms with Gasteiger partial charge in [-0.15, -0.1) is 0 Å². The third-order valence-electron chi connectivity index (χ3n) is 12.9. The Morgan fingerprint density at radius 3 is 2.17 bits per heavy atom. The molecular weight excluding hydrogens is 760 g/mol. The van der Waals surface area contributed by atoms with E-state index in [0.717, 1.165) is 68.4 Å². The Labute approximate surface area is 342 Å². The van der Waals surface area contributed by atoms with Crippen LogP contribution in [0.2, 0.25) is 5.02 Å². The zero-order chi connectivity index (χ0) is 41.1. The van der Waals surface area contributed by atoms with E-state index in [4.69, 9.17) is 16.3 Å². The number of amides is 5. The molecule has 58 heavy (non-hydrogen) atoms. The van der Waals surface area contributed by atoms with Gasteiger partial charge in [0.25, 0.3) is 17.7 Å². The number of imide groups is 2. The van der Waals surface area contributed by atoms with Gasteiger partial charge in [0.2, 0.25) is 11.8 Å². The summed E-state index contributed by atoms with van der Waals surface area (Å²) < 4.78 is 6.37. The van der Waals surface area contributed by atoms with Crippen LogP contribution in [0.5, 0.6) is 5.75 Å². The van der Waals surface area contributed by atoms with Crippen LogP contribution in [-0.4, -0.2) is 108 Å². The largest absolute Gasteiger partial charge is 0.489 e.